The van der Waals surface area contributed by atoms with Crippen LogP contribution in [-0.4, -0.2) is 21.0 Å². The molecule has 0 aliphatic heterocycles. The lowest BCUT2D eigenvalue weighted by Crippen LogP contribution is -2.10. The van der Waals surface area contributed by atoms with Crippen LogP contribution in [0.25, 0.3) is 0 Å². The molecule has 1 unspecified atom stereocenters. The predicted molar refractivity (Wildman–Crippen MR) is 81.5 cm³/mol. The highest BCUT2D eigenvalue weighted by Crippen LogP contribution is 2.19. The van der Waals surface area contributed by atoms with Crippen LogP contribution in [0.3, 0.4) is 0 Å². The lowest BCUT2D eigenvalue weighted by atomic mass is 10.1. The molecule has 2 heterocycles. The highest BCUT2D eigenvalue weighted by Gasteiger charge is 2.11. The maximum atomic E-state index is 11.2. The summed E-state index contributed by atoms with van der Waals surface area (Å²) in [7, 11) is 0. The number of pyridine rings is 2. The number of carboxylic acid groups (broad SMARTS) is 1. The van der Waals surface area contributed by atoms with Gasteiger partial charge >= 0.3 is 5.97 Å². The summed E-state index contributed by atoms with van der Waals surface area (Å²) >= 11 is 0. The van der Waals surface area contributed by atoms with Crippen LogP contribution in [0.2, 0.25) is 0 Å². The predicted octanol–water partition coefficient (Wildman–Crippen LogP) is 3.30. The molecule has 0 bridgehead atoms. The maximum Gasteiger partial charge on any atom is 0.335 e. The van der Waals surface area contributed by atoms with E-state index >= 15 is 0 Å². The minimum atomic E-state index is -0.938. The third kappa shape index (κ3) is 4.02. The Kier molecular flexibility index (Phi) is 4.87. The first kappa shape index (κ1) is 15.0. The Hall–Kier alpha value is -2.43. The minimum absolute atomic E-state index is 0.00437. The Morgan fingerprint density at radius 3 is 2.86 bits per heavy atom. The van der Waals surface area contributed by atoms with Gasteiger partial charge in [-0.05, 0) is 37.1 Å². The second-order valence-corrected chi connectivity index (χ2v) is 4.94. The number of nitrogens with one attached hydrogen (secondary N) is 1. The lowest BCUT2D eigenvalue weighted by molar-refractivity contribution is 0.0696. The topological polar surface area (TPSA) is 75.1 Å². The highest BCUT2D eigenvalue weighted by atomic mass is 16.4. The van der Waals surface area contributed by atoms with Gasteiger partial charge in [0.1, 0.15) is 5.82 Å². The van der Waals surface area contributed by atoms with Crippen molar-refractivity contribution in [1.82, 2.24) is 9.97 Å². The van der Waals surface area contributed by atoms with Crippen molar-refractivity contribution in [2.45, 2.75) is 32.7 Å². The van der Waals surface area contributed by atoms with Crippen LogP contribution in [0.5, 0.6) is 0 Å². The van der Waals surface area contributed by atoms with E-state index in [2.05, 4.69) is 15.3 Å². The number of anilines is 1. The highest BCUT2D eigenvalue weighted by molar-refractivity contribution is 5.88. The number of nitrogens with zero attached hydrogens (tertiary/aromatic N) is 2. The molecule has 21 heavy (non-hydrogen) atoms. The van der Waals surface area contributed by atoms with Gasteiger partial charge in [0.15, 0.2) is 0 Å². The van der Waals surface area contributed by atoms with Crippen LogP contribution >= 0.6 is 0 Å². The Bertz CT molecular complexity index is 614. The lowest BCUT2D eigenvalue weighted by Gasteiger charge is -2.15. The summed E-state index contributed by atoms with van der Waals surface area (Å²) in [5, 5.41) is 12.4. The van der Waals surface area contributed by atoms with E-state index in [1.54, 1.807) is 24.5 Å². The molecule has 0 aliphatic carbocycles. The fourth-order valence-corrected chi connectivity index (χ4v) is 2.11. The minimum Gasteiger partial charge on any atom is -0.478 e. The molecule has 0 fully saturated rings. The molecular weight excluding hydrogens is 266 g/mol. The molecule has 0 spiro atoms. The molecule has 1 atom stereocenters. The number of carbonyl (C=O) groups is 1. The van der Waals surface area contributed by atoms with E-state index in [4.69, 9.17) is 0 Å². The van der Waals surface area contributed by atoms with Crippen LogP contribution < -0.4 is 5.32 Å². The van der Waals surface area contributed by atoms with Crippen molar-refractivity contribution in [2.24, 2.45) is 0 Å². The largest absolute Gasteiger partial charge is 0.478 e. The summed E-state index contributed by atoms with van der Waals surface area (Å²) in [4.78, 5) is 19.8. The fourth-order valence-electron chi connectivity index (χ4n) is 2.11. The second kappa shape index (κ2) is 6.83. The number of rotatable bonds is 6. The standard InChI is InChI=1S/C16H19N3O2/c1-3-5-14-8-13(16(20)21)9-15(19-14)18-11(2)12-6-4-7-17-10-12/h4,6-11H,3,5H2,1-2H3,(H,18,19)(H,20,21). The van der Waals surface area contributed by atoms with E-state index in [1.807, 2.05) is 26.0 Å². The van der Waals surface area contributed by atoms with E-state index in [-0.39, 0.29) is 11.6 Å². The Balaban J connectivity index is 2.24. The molecule has 0 amide bonds. The average molecular weight is 285 g/mol. The van der Waals surface area contributed by atoms with Gasteiger partial charge in [0.2, 0.25) is 0 Å². The molecule has 2 aromatic rings. The molecule has 0 aliphatic rings. The Morgan fingerprint density at radius 1 is 1.43 bits per heavy atom. The smallest absolute Gasteiger partial charge is 0.335 e. The molecule has 0 saturated carbocycles. The van der Waals surface area contributed by atoms with Crippen LogP contribution in [0.1, 0.15) is 47.9 Å². The number of aryl methyl sites for hydroxylation is 1. The van der Waals surface area contributed by atoms with Crippen molar-refractivity contribution in [3.05, 3.63) is 53.5 Å². The second-order valence-electron chi connectivity index (χ2n) is 4.94. The third-order valence-electron chi connectivity index (χ3n) is 3.18. The summed E-state index contributed by atoms with van der Waals surface area (Å²) < 4.78 is 0. The number of aromatic nitrogens is 2. The molecule has 0 radical (unpaired) electrons. The van der Waals surface area contributed by atoms with Gasteiger partial charge in [-0.1, -0.05) is 19.4 Å². The van der Waals surface area contributed by atoms with Gasteiger partial charge in [-0.3, -0.25) is 4.98 Å². The van der Waals surface area contributed by atoms with Crippen molar-refractivity contribution >= 4 is 11.8 Å². The molecule has 2 aromatic heterocycles. The van der Waals surface area contributed by atoms with E-state index in [0.717, 1.165) is 24.1 Å². The van der Waals surface area contributed by atoms with Crippen LogP contribution in [0, 0.1) is 0 Å². The summed E-state index contributed by atoms with van der Waals surface area (Å²) in [6.07, 6.45) is 5.19. The molecular formula is C16H19N3O2. The number of hydrogen-bond donors (Lipinski definition) is 2. The molecule has 110 valence electrons. The van der Waals surface area contributed by atoms with Crippen molar-refractivity contribution < 1.29 is 9.90 Å². The molecule has 5 heteroatoms. The van der Waals surface area contributed by atoms with Gasteiger partial charge in [0.25, 0.3) is 0 Å². The van der Waals surface area contributed by atoms with Crippen molar-refractivity contribution in [1.29, 1.82) is 0 Å². The SMILES string of the molecule is CCCc1cc(C(=O)O)cc(NC(C)c2cccnc2)n1. The zero-order chi connectivity index (χ0) is 15.2. The molecule has 2 N–H and O–H groups in total. The first-order valence-electron chi connectivity index (χ1n) is 7.01. The summed E-state index contributed by atoms with van der Waals surface area (Å²) in [5.74, 6) is -0.360. The summed E-state index contributed by atoms with van der Waals surface area (Å²) in [6.45, 7) is 4.03. The monoisotopic (exact) mass is 285 g/mol. The maximum absolute atomic E-state index is 11.2. The van der Waals surface area contributed by atoms with Gasteiger partial charge in [0, 0.05) is 18.1 Å². The quantitative estimate of drug-likeness (QED) is 0.851. The molecule has 2 rings (SSSR count). The normalized spacial score (nSPS) is 11.9. The van der Waals surface area contributed by atoms with E-state index < -0.39 is 5.97 Å². The van der Waals surface area contributed by atoms with Crippen LogP contribution in [0.4, 0.5) is 5.82 Å². The zero-order valence-corrected chi connectivity index (χ0v) is 12.2. The Morgan fingerprint density at radius 2 is 2.24 bits per heavy atom. The van der Waals surface area contributed by atoms with Gasteiger partial charge in [-0.15, -0.1) is 0 Å². The third-order valence-corrected chi connectivity index (χ3v) is 3.18. The van der Waals surface area contributed by atoms with Crippen LogP contribution in [-0.2, 0) is 6.42 Å². The number of hydrogen-bond acceptors (Lipinski definition) is 4. The van der Waals surface area contributed by atoms with Crippen molar-refractivity contribution in [3.8, 4) is 0 Å². The van der Waals surface area contributed by atoms with E-state index in [0.29, 0.717) is 5.82 Å². The van der Waals surface area contributed by atoms with Crippen LogP contribution in [0.15, 0.2) is 36.7 Å². The molecule has 5 nitrogen and oxygen atoms in total. The fraction of sp³-hybridized carbons (Fsp3) is 0.312. The first-order chi connectivity index (χ1) is 10.1. The van der Waals surface area contributed by atoms with Gasteiger partial charge < -0.3 is 10.4 Å². The van der Waals surface area contributed by atoms with Gasteiger partial charge in [-0.25, -0.2) is 9.78 Å². The molecule has 0 saturated heterocycles. The van der Waals surface area contributed by atoms with Gasteiger partial charge in [0.05, 0.1) is 11.6 Å². The Labute approximate surface area is 124 Å². The first-order valence-corrected chi connectivity index (χ1v) is 7.01. The van der Waals surface area contributed by atoms with Crippen molar-refractivity contribution in [3.63, 3.8) is 0 Å². The van der Waals surface area contributed by atoms with E-state index in [1.165, 1.54) is 0 Å². The summed E-state index contributed by atoms with van der Waals surface area (Å²) in [5.41, 5.74) is 2.07. The zero-order valence-electron chi connectivity index (χ0n) is 12.2. The number of carboxylic acids is 1. The average Bonchev–Trinajstić information content (AvgIpc) is 2.48. The molecule has 0 aromatic carbocycles. The summed E-state index contributed by atoms with van der Waals surface area (Å²) in [6, 6.07) is 7.04. The van der Waals surface area contributed by atoms with E-state index in [9.17, 15) is 9.90 Å². The van der Waals surface area contributed by atoms with Crippen molar-refractivity contribution in [2.75, 3.05) is 5.32 Å². The van der Waals surface area contributed by atoms with Gasteiger partial charge in [-0.2, -0.15) is 0 Å². The number of aromatic carboxylic acids is 1.